The molecule has 0 bridgehead atoms. The Hall–Kier alpha value is -1.81. The molecule has 128 valence electrons. The van der Waals surface area contributed by atoms with Crippen molar-refractivity contribution in [2.45, 2.75) is 20.8 Å². The van der Waals surface area contributed by atoms with Crippen LogP contribution in [0.1, 0.15) is 26.5 Å². The van der Waals surface area contributed by atoms with Crippen LogP contribution in [0.15, 0.2) is 35.2 Å². The smallest absolute Gasteiger partial charge is 0.159 e. The molecule has 0 spiro atoms. The minimum absolute atomic E-state index is 0. The fourth-order valence-corrected chi connectivity index (χ4v) is 1.78. The Morgan fingerprint density at radius 1 is 1.57 bits per heavy atom. The van der Waals surface area contributed by atoms with Crippen molar-refractivity contribution in [1.29, 1.82) is 0 Å². The molecule has 0 fully saturated rings. The van der Waals surface area contributed by atoms with Crippen molar-refractivity contribution in [3.63, 3.8) is 0 Å². The van der Waals surface area contributed by atoms with E-state index in [1.165, 1.54) is 25.7 Å². The Morgan fingerprint density at radius 3 is 2.70 bits per heavy atom. The van der Waals surface area contributed by atoms with Crippen LogP contribution in [0.5, 0.6) is 0 Å². The van der Waals surface area contributed by atoms with E-state index in [0.717, 1.165) is 33.2 Å². The van der Waals surface area contributed by atoms with Crippen molar-refractivity contribution in [1.82, 2.24) is 9.55 Å². The monoisotopic (exact) mass is 486 g/mol. The number of aliphatic imine (C=N–C) groups is 2. The standard InChI is InChI=1S/C9H11N3.C5H8N3.CH4.CH3.W/c1-6-4-7(2)11-9-8(6)10-5-12(9)3;1-5(6)3-8-4-7-2;;;/h5H,1,4H2,2-3H3;4H,1,6H2,2H3;1H4;1H3;/q;-1;;-1;. The molecule has 0 unspecified atom stereocenters. The van der Waals surface area contributed by atoms with Gasteiger partial charge in [0.15, 0.2) is 5.82 Å². The number of nitrogens with two attached hydrogens (primary N) is 1. The normalized spacial score (nSPS) is 12.0. The van der Waals surface area contributed by atoms with E-state index < -0.39 is 0 Å². The van der Waals surface area contributed by atoms with Gasteiger partial charge in [-0.3, -0.25) is 0 Å². The van der Waals surface area contributed by atoms with Crippen LogP contribution < -0.4 is 5.73 Å². The zero-order chi connectivity index (χ0) is 16.0. The maximum atomic E-state index is 5.31. The van der Waals surface area contributed by atoms with Gasteiger partial charge in [0, 0.05) is 19.2 Å². The molecule has 0 aliphatic carbocycles. The summed E-state index contributed by atoms with van der Waals surface area (Å²) in [6.45, 7) is 9.49. The number of imidazole rings is 1. The molecule has 1 aromatic rings. The largest absolute Gasteiger partial charge is 0.358 e. The number of hydrogen-bond donors (Lipinski definition) is 1. The van der Waals surface area contributed by atoms with E-state index in [0.29, 0.717) is 5.70 Å². The summed E-state index contributed by atoms with van der Waals surface area (Å²) in [6, 6.07) is 0. The first-order valence-electron chi connectivity index (χ1n) is 6.20. The molecule has 6 nitrogen and oxygen atoms in total. The van der Waals surface area contributed by atoms with Crippen LogP contribution >= 0.6 is 0 Å². The zero-order valence-corrected chi connectivity index (χ0v) is 16.4. The van der Waals surface area contributed by atoms with Gasteiger partial charge < -0.3 is 12.0 Å². The summed E-state index contributed by atoms with van der Waals surface area (Å²) in [6.07, 6.45) is 4.09. The summed E-state index contributed by atoms with van der Waals surface area (Å²) in [5, 5.41) is 3.66. The maximum absolute atomic E-state index is 5.31. The quantitative estimate of drug-likeness (QED) is 0.405. The molecule has 2 heterocycles. The fraction of sp³-hybridized carbons (Fsp3) is 0.312. The Bertz CT molecular complexity index is 625. The van der Waals surface area contributed by atoms with E-state index in [1.54, 1.807) is 13.4 Å². The van der Waals surface area contributed by atoms with Crippen LogP contribution in [0.4, 0.5) is 5.82 Å². The molecular weight excluding hydrogens is 460 g/mol. The van der Waals surface area contributed by atoms with E-state index in [2.05, 4.69) is 33.4 Å². The first-order chi connectivity index (χ1) is 9.86. The molecule has 0 aromatic carbocycles. The average Bonchev–Trinajstić information content (AvgIpc) is 2.78. The van der Waals surface area contributed by atoms with Gasteiger partial charge in [-0.2, -0.15) is 0 Å². The van der Waals surface area contributed by atoms with Crippen molar-refractivity contribution in [3.05, 3.63) is 43.6 Å². The number of rotatable bonds is 3. The first kappa shape index (κ1) is 23.5. The Morgan fingerprint density at radius 2 is 2.17 bits per heavy atom. The molecule has 0 radical (unpaired) electrons. The second-order valence-corrected chi connectivity index (χ2v) is 5.88. The molecule has 0 atom stereocenters. The van der Waals surface area contributed by atoms with Crippen molar-refractivity contribution < 1.29 is 19.4 Å². The summed E-state index contributed by atoms with van der Waals surface area (Å²) in [5.74, 6) is 0.934. The third-order valence-electron chi connectivity index (χ3n) is 2.57. The summed E-state index contributed by atoms with van der Waals surface area (Å²) >= 11 is 1.21. The van der Waals surface area contributed by atoms with Crippen LogP contribution in [-0.2, 0) is 26.4 Å². The van der Waals surface area contributed by atoms with E-state index >= 15 is 0 Å². The van der Waals surface area contributed by atoms with E-state index in [9.17, 15) is 0 Å². The minimum atomic E-state index is 0. The molecule has 2 rings (SSSR count). The van der Waals surface area contributed by atoms with Gasteiger partial charge in [0.25, 0.3) is 0 Å². The van der Waals surface area contributed by atoms with Crippen LogP contribution in [0, 0.1) is 7.43 Å². The van der Waals surface area contributed by atoms with Gasteiger partial charge in [-0.25, -0.2) is 9.98 Å². The summed E-state index contributed by atoms with van der Waals surface area (Å²) < 4.78 is 2.71. The molecule has 7 heteroatoms. The third-order valence-corrected chi connectivity index (χ3v) is 3.89. The first-order valence-corrected chi connectivity index (χ1v) is 7.67. The van der Waals surface area contributed by atoms with Gasteiger partial charge in [-0.1, -0.05) is 14.0 Å². The summed E-state index contributed by atoms with van der Waals surface area (Å²) in [7, 11) is 3.60. The number of aromatic nitrogens is 2. The SMILES string of the molecule is C.C=C(N)[C](=[W])N=C[N-]C.C=C1CC(C)=Nc2c1ncn2C.[CH3-]. The zero-order valence-electron chi connectivity index (χ0n) is 13.5. The van der Waals surface area contributed by atoms with Gasteiger partial charge in [0.2, 0.25) is 0 Å². The van der Waals surface area contributed by atoms with Crippen molar-refractivity contribution in [2.24, 2.45) is 22.8 Å². The molecule has 1 aromatic heterocycles. The molecular formula is C16H26N6W-2. The van der Waals surface area contributed by atoms with Gasteiger partial charge in [0.05, 0.1) is 6.33 Å². The topological polar surface area (TPSA) is 82.7 Å². The summed E-state index contributed by atoms with van der Waals surface area (Å²) in [5.41, 5.74) is 8.95. The van der Waals surface area contributed by atoms with Gasteiger partial charge >= 0.3 is 65.1 Å². The molecule has 2 N–H and O–H groups in total. The molecule has 0 saturated heterocycles. The van der Waals surface area contributed by atoms with E-state index in [-0.39, 0.29) is 14.9 Å². The number of nitrogens with zero attached hydrogens (tertiary/aromatic N) is 5. The number of fused-ring (bicyclic) bond motifs is 1. The molecule has 1 aliphatic rings. The number of hydrogen-bond acceptors (Lipinski definition) is 4. The Kier molecular flexibility index (Phi) is 11.1. The number of aryl methyl sites for hydroxylation is 1. The second-order valence-electron chi connectivity index (χ2n) is 4.49. The van der Waals surface area contributed by atoms with Crippen molar-refractivity contribution in [3.8, 4) is 0 Å². The Labute approximate surface area is 150 Å². The van der Waals surface area contributed by atoms with E-state index in [1.807, 2.05) is 18.5 Å². The molecule has 0 amide bonds. The third kappa shape index (κ3) is 6.87. The fourth-order valence-electron chi connectivity index (χ4n) is 1.61. The van der Waals surface area contributed by atoms with E-state index in [4.69, 9.17) is 5.73 Å². The maximum Gasteiger partial charge on any atom is 0.159 e. The average molecular weight is 486 g/mol. The Balaban J connectivity index is 0. The van der Waals surface area contributed by atoms with Crippen LogP contribution in [0.3, 0.4) is 0 Å². The minimum Gasteiger partial charge on any atom is -0.358 e. The van der Waals surface area contributed by atoms with Crippen LogP contribution in [0.2, 0.25) is 0 Å². The molecule has 1 aliphatic heterocycles. The van der Waals surface area contributed by atoms with Crippen molar-refractivity contribution >= 4 is 27.5 Å². The predicted molar refractivity (Wildman–Crippen MR) is 98.9 cm³/mol. The molecule has 23 heavy (non-hydrogen) atoms. The predicted octanol–water partition coefficient (Wildman–Crippen LogP) is 3.18. The number of allylic oxidation sites excluding steroid dienone is 1. The second kappa shape index (κ2) is 10.8. The van der Waals surface area contributed by atoms with Gasteiger partial charge in [-0.15, -0.1) is 0 Å². The van der Waals surface area contributed by atoms with Gasteiger partial charge in [-0.05, 0) is 12.5 Å². The van der Waals surface area contributed by atoms with Crippen LogP contribution in [-0.4, -0.2) is 32.7 Å². The van der Waals surface area contributed by atoms with Crippen molar-refractivity contribution in [2.75, 3.05) is 7.05 Å². The molecule has 0 saturated carbocycles. The van der Waals surface area contributed by atoms with Crippen LogP contribution in [0.25, 0.3) is 10.9 Å². The van der Waals surface area contributed by atoms with Gasteiger partial charge in [0.1, 0.15) is 5.69 Å². The summed E-state index contributed by atoms with van der Waals surface area (Å²) in [4.78, 5) is 12.5.